The molecule has 126 valence electrons. The molecular weight excluding hydrogens is 306 g/mol. The number of carboxylic acid groups (broad SMARTS) is 1. The lowest BCUT2D eigenvalue weighted by molar-refractivity contribution is -0.139. The minimum absolute atomic E-state index is 0.433. The largest absolute Gasteiger partial charge is 0.490 e. The van der Waals surface area contributed by atoms with Crippen molar-refractivity contribution in [3.8, 4) is 11.5 Å². The minimum atomic E-state index is -0.896. The maximum Gasteiger partial charge on any atom is 0.325 e. The Morgan fingerprint density at radius 1 is 1.04 bits per heavy atom. The van der Waals surface area contributed by atoms with Crippen LogP contribution >= 0.6 is 0 Å². The van der Waals surface area contributed by atoms with Crippen molar-refractivity contribution in [3.05, 3.63) is 59.7 Å². The van der Waals surface area contributed by atoms with Crippen molar-refractivity contribution in [2.45, 2.75) is 25.4 Å². The molecule has 0 unspecified atom stereocenters. The molecule has 2 aromatic carbocycles. The summed E-state index contributed by atoms with van der Waals surface area (Å²) >= 11 is 0. The van der Waals surface area contributed by atoms with E-state index in [1.165, 1.54) is 0 Å². The first-order valence-electron chi connectivity index (χ1n) is 8.14. The van der Waals surface area contributed by atoms with Gasteiger partial charge >= 0.3 is 5.97 Å². The summed E-state index contributed by atoms with van der Waals surface area (Å²) in [5.41, 5.74) is 1.69. The maximum atomic E-state index is 11.5. The highest BCUT2D eigenvalue weighted by molar-refractivity contribution is 5.75. The van der Waals surface area contributed by atoms with Crippen molar-refractivity contribution in [1.82, 2.24) is 5.32 Å². The molecular formula is C19H21NO4. The summed E-state index contributed by atoms with van der Waals surface area (Å²) in [6, 6.07) is 14.1. The lowest BCUT2D eigenvalue weighted by atomic mass is 10.1. The molecule has 0 fully saturated rings. The molecule has 1 aliphatic heterocycles. The van der Waals surface area contributed by atoms with Gasteiger partial charge < -0.3 is 14.6 Å². The smallest absolute Gasteiger partial charge is 0.325 e. The second-order valence-corrected chi connectivity index (χ2v) is 5.75. The van der Waals surface area contributed by atoms with E-state index in [0.29, 0.717) is 19.8 Å². The normalized spacial score (nSPS) is 15.2. The van der Waals surface area contributed by atoms with Gasteiger partial charge in [-0.3, -0.25) is 10.1 Å². The molecule has 1 aliphatic rings. The molecule has 0 bridgehead atoms. The van der Waals surface area contributed by atoms with Crippen LogP contribution in [0.2, 0.25) is 0 Å². The first-order valence-corrected chi connectivity index (χ1v) is 8.14. The van der Waals surface area contributed by atoms with Gasteiger partial charge in [-0.2, -0.15) is 0 Å². The second-order valence-electron chi connectivity index (χ2n) is 5.75. The summed E-state index contributed by atoms with van der Waals surface area (Å²) in [5.74, 6) is 0.573. The van der Waals surface area contributed by atoms with Gasteiger partial charge in [0, 0.05) is 6.54 Å². The van der Waals surface area contributed by atoms with Crippen LogP contribution in [0.4, 0.5) is 0 Å². The van der Waals surface area contributed by atoms with Crippen LogP contribution in [-0.4, -0.2) is 24.3 Å². The molecule has 2 N–H and O–H groups in total. The summed E-state index contributed by atoms with van der Waals surface area (Å²) < 4.78 is 11.4. The SMILES string of the molecule is O=C(O)[C@H](NCc1ccc2c(c1)OCCCCO2)c1ccccc1. The predicted molar refractivity (Wildman–Crippen MR) is 90.3 cm³/mol. The van der Waals surface area contributed by atoms with E-state index in [-0.39, 0.29) is 0 Å². The van der Waals surface area contributed by atoms with E-state index in [4.69, 9.17) is 9.47 Å². The van der Waals surface area contributed by atoms with Gasteiger partial charge in [0.15, 0.2) is 11.5 Å². The Balaban J connectivity index is 1.71. The fourth-order valence-corrected chi connectivity index (χ4v) is 2.68. The van der Waals surface area contributed by atoms with Crippen molar-refractivity contribution in [2.24, 2.45) is 0 Å². The lowest BCUT2D eigenvalue weighted by Gasteiger charge is -2.18. The van der Waals surface area contributed by atoms with Gasteiger partial charge in [0.2, 0.25) is 0 Å². The lowest BCUT2D eigenvalue weighted by Crippen LogP contribution is -2.28. The molecule has 0 aliphatic carbocycles. The average Bonchev–Trinajstić information content (AvgIpc) is 2.57. The molecule has 2 aromatic rings. The van der Waals surface area contributed by atoms with Crippen LogP contribution in [0.25, 0.3) is 0 Å². The van der Waals surface area contributed by atoms with Gasteiger partial charge in [-0.25, -0.2) is 0 Å². The highest BCUT2D eigenvalue weighted by atomic mass is 16.5. The van der Waals surface area contributed by atoms with Crippen LogP contribution in [0.5, 0.6) is 11.5 Å². The summed E-state index contributed by atoms with van der Waals surface area (Å²) in [5, 5.41) is 12.5. The van der Waals surface area contributed by atoms with Crippen LogP contribution < -0.4 is 14.8 Å². The van der Waals surface area contributed by atoms with Crippen LogP contribution in [0, 0.1) is 0 Å². The van der Waals surface area contributed by atoms with Crippen molar-refractivity contribution >= 4 is 5.97 Å². The Kier molecular flexibility index (Phi) is 5.33. The predicted octanol–water partition coefficient (Wildman–Crippen LogP) is 3.15. The molecule has 5 heteroatoms. The fraction of sp³-hybridized carbons (Fsp3) is 0.316. The van der Waals surface area contributed by atoms with Crippen LogP contribution in [0.3, 0.4) is 0 Å². The van der Waals surface area contributed by atoms with Crippen molar-refractivity contribution < 1.29 is 19.4 Å². The monoisotopic (exact) mass is 327 g/mol. The van der Waals surface area contributed by atoms with Gasteiger partial charge in [-0.1, -0.05) is 36.4 Å². The molecule has 1 atom stereocenters. The number of aliphatic carboxylic acids is 1. The maximum absolute atomic E-state index is 11.5. The van der Waals surface area contributed by atoms with E-state index < -0.39 is 12.0 Å². The number of carboxylic acids is 1. The zero-order chi connectivity index (χ0) is 16.8. The zero-order valence-corrected chi connectivity index (χ0v) is 13.4. The van der Waals surface area contributed by atoms with Gasteiger partial charge in [-0.15, -0.1) is 0 Å². The molecule has 5 nitrogen and oxygen atoms in total. The molecule has 0 saturated heterocycles. The van der Waals surface area contributed by atoms with E-state index in [2.05, 4.69) is 5.32 Å². The molecule has 0 aromatic heterocycles. The Hall–Kier alpha value is -2.53. The van der Waals surface area contributed by atoms with E-state index >= 15 is 0 Å². The molecule has 24 heavy (non-hydrogen) atoms. The van der Waals surface area contributed by atoms with Gasteiger partial charge in [0.05, 0.1) is 13.2 Å². The molecule has 0 spiro atoms. The summed E-state index contributed by atoms with van der Waals surface area (Å²) in [6.45, 7) is 1.81. The number of fused-ring (bicyclic) bond motifs is 1. The van der Waals surface area contributed by atoms with E-state index in [9.17, 15) is 9.90 Å². The Morgan fingerprint density at radius 2 is 1.75 bits per heavy atom. The zero-order valence-electron chi connectivity index (χ0n) is 13.4. The van der Waals surface area contributed by atoms with Crippen molar-refractivity contribution in [1.29, 1.82) is 0 Å². The number of rotatable bonds is 5. The van der Waals surface area contributed by atoms with Gasteiger partial charge in [0.25, 0.3) is 0 Å². The molecule has 1 heterocycles. The third-order valence-electron chi connectivity index (χ3n) is 3.95. The third-order valence-corrected chi connectivity index (χ3v) is 3.95. The summed E-state index contributed by atoms with van der Waals surface area (Å²) in [7, 11) is 0. The number of benzene rings is 2. The van der Waals surface area contributed by atoms with Crippen LogP contribution in [0.1, 0.15) is 30.0 Å². The van der Waals surface area contributed by atoms with E-state index in [0.717, 1.165) is 35.5 Å². The number of carbonyl (C=O) groups is 1. The van der Waals surface area contributed by atoms with Gasteiger partial charge in [-0.05, 0) is 36.1 Å². The highest BCUT2D eigenvalue weighted by Crippen LogP contribution is 2.30. The molecule has 0 saturated carbocycles. The second kappa shape index (κ2) is 7.84. The fourth-order valence-electron chi connectivity index (χ4n) is 2.68. The summed E-state index contributed by atoms with van der Waals surface area (Å²) in [6.07, 6.45) is 1.96. The number of ether oxygens (including phenoxy) is 2. The van der Waals surface area contributed by atoms with Crippen LogP contribution in [0.15, 0.2) is 48.5 Å². The molecule has 0 radical (unpaired) electrons. The topological polar surface area (TPSA) is 67.8 Å². The Bertz CT molecular complexity index is 687. The van der Waals surface area contributed by atoms with Gasteiger partial charge in [0.1, 0.15) is 6.04 Å². The van der Waals surface area contributed by atoms with Crippen LogP contribution in [-0.2, 0) is 11.3 Å². The van der Waals surface area contributed by atoms with Crippen molar-refractivity contribution in [2.75, 3.05) is 13.2 Å². The molecule has 3 rings (SSSR count). The summed E-state index contributed by atoms with van der Waals surface area (Å²) in [4.78, 5) is 11.5. The number of hydrogen-bond donors (Lipinski definition) is 2. The highest BCUT2D eigenvalue weighted by Gasteiger charge is 2.19. The van der Waals surface area contributed by atoms with Crippen molar-refractivity contribution in [3.63, 3.8) is 0 Å². The third kappa shape index (κ3) is 4.06. The number of nitrogens with one attached hydrogen (secondary N) is 1. The average molecular weight is 327 g/mol. The molecule has 0 amide bonds. The first-order chi connectivity index (χ1) is 11.7. The van der Waals surface area contributed by atoms with E-state index in [1.807, 2.05) is 48.5 Å². The first kappa shape index (κ1) is 16.3. The Morgan fingerprint density at radius 3 is 2.46 bits per heavy atom. The number of hydrogen-bond acceptors (Lipinski definition) is 4. The quantitative estimate of drug-likeness (QED) is 0.883. The standard InChI is InChI=1S/C19H21NO4/c21-19(22)18(15-6-2-1-3-7-15)20-13-14-8-9-16-17(12-14)24-11-5-4-10-23-16/h1-3,6-9,12,18,20H,4-5,10-11,13H2,(H,21,22)/t18-/m1/s1. The van der Waals surface area contributed by atoms with E-state index in [1.54, 1.807) is 0 Å². The minimum Gasteiger partial charge on any atom is -0.490 e. The Labute approximate surface area is 141 Å².